The first kappa shape index (κ1) is 51.5. The minimum absolute atomic E-state index is 0.0579. The number of aliphatic hydroxyl groups excluding tert-OH is 2. The van der Waals surface area contributed by atoms with E-state index < -0.39 is 33.2 Å². The van der Waals surface area contributed by atoms with Gasteiger partial charge in [-0.15, -0.1) is 0 Å². The lowest BCUT2D eigenvalue weighted by atomic mass is 10.0. The number of ether oxygens (including phenoxy) is 2. The Morgan fingerprint density at radius 1 is 0.519 bits per heavy atom. The molecular formula is C42H85O9P. The summed E-state index contributed by atoms with van der Waals surface area (Å²) >= 11 is 0. The van der Waals surface area contributed by atoms with Crippen molar-refractivity contribution in [3.8, 4) is 0 Å². The summed E-state index contributed by atoms with van der Waals surface area (Å²) in [5.41, 5.74) is 0. The predicted molar refractivity (Wildman–Crippen MR) is 215 cm³/mol. The highest BCUT2D eigenvalue weighted by Crippen LogP contribution is 2.43. The minimum atomic E-state index is -4.51. The molecule has 0 bridgehead atoms. The van der Waals surface area contributed by atoms with Crippen LogP contribution in [0.1, 0.15) is 219 Å². The lowest BCUT2D eigenvalue weighted by Gasteiger charge is -2.20. The van der Waals surface area contributed by atoms with Gasteiger partial charge in [-0.05, 0) is 12.8 Å². The van der Waals surface area contributed by atoms with Gasteiger partial charge >= 0.3 is 13.8 Å². The molecular weight excluding hydrogens is 679 g/mol. The molecule has 0 aromatic rings. The Kier molecular flexibility index (Phi) is 39.7. The van der Waals surface area contributed by atoms with Crippen molar-refractivity contribution in [1.29, 1.82) is 0 Å². The lowest BCUT2D eigenvalue weighted by molar-refractivity contribution is -0.154. The van der Waals surface area contributed by atoms with Gasteiger partial charge in [0.1, 0.15) is 12.2 Å². The molecule has 0 saturated heterocycles. The van der Waals surface area contributed by atoms with Crippen molar-refractivity contribution in [2.24, 2.45) is 0 Å². The molecule has 1 unspecified atom stereocenters. The second-order valence-corrected chi connectivity index (χ2v) is 16.5. The van der Waals surface area contributed by atoms with Crippen LogP contribution in [-0.2, 0) is 27.9 Å². The Hall–Kier alpha value is -0.540. The van der Waals surface area contributed by atoms with Gasteiger partial charge in [0.15, 0.2) is 0 Å². The number of phosphoric acid groups is 1. The van der Waals surface area contributed by atoms with Crippen LogP contribution in [-0.4, -0.2) is 66.3 Å². The standard InChI is InChI=1S/C42H85O9P/c1-3-5-7-9-11-13-15-16-17-18-19-20-21-22-23-25-27-29-31-33-35-48-38-41(39-50-52(46,47)49-37-40(44)36-43)51-42(45)34-32-30-28-26-24-14-12-10-8-6-4-2/h40-41,43-44H,3-39H2,1-2H3,(H,46,47)/t40-,41+/m0/s1. The molecule has 0 aliphatic heterocycles. The topological polar surface area (TPSA) is 132 Å². The third-order valence-corrected chi connectivity index (χ3v) is 10.7. The molecule has 0 spiro atoms. The maximum atomic E-state index is 12.6. The molecule has 0 saturated carbocycles. The maximum Gasteiger partial charge on any atom is 0.472 e. The van der Waals surface area contributed by atoms with Crippen LogP contribution in [0, 0.1) is 0 Å². The Morgan fingerprint density at radius 3 is 1.25 bits per heavy atom. The van der Waals surface area contributed by atoms with E-state index in [4.69, 9.17) is 23.6 Å². The summed E-state index contributed by atoms with van der Waals surface area (Å²) in [6, 6.07) is 0. The quantitative estimate of drug-likeness (QED) is 0.0315. The van der Waals surface area contributed by atoms with Crippen LogP contribution < -0.4 is 0 Å². The van der Waals surface area contributed by atoms with E-state index in [-0.39, 0.29) is 25.6 Å². The summed E-state index contributed by atoms with van der Waals surface area (Å²) in [5, 5.41) is 18.3. The molecule has 0 aliphatic carbocycles. The Labute approximate surface area is 320 Å². The monoisotopic (exact) mass is 765 g/mol. The number of esters is 1. The van der Waals surface area contributed by atoms with Crippen molar-refractivity contribution in [1.82, 2.24) is 0 Å². The van der Waals surface area contributed by atoms with Crippen molar-refractivity contribution in [2.75, 3.05) is 33.0 Å². The Morgan fingerprint density at radius 2 is 0.865 bits per heavy atom. The van der Waals surface area contributed by atoms with Gasteiger partial charge in [-0.3, -0.25) is 13.8 Å². The van der Waals surface area contributed by atoms with Crippen LogP contribution in [0.2, 0.25) is 0 Å². The fourth-order valence-electron chi connectivity index (χ4n) is 6.42. The highest BCUT2D eigenvalue weighted by Gasteiger charge is 2.26. The SMILES string of the molecule is CCCCCCCCCCCCCCCCCCCCCCOC[C@H](COP(=O)(O)OC[C@@H](O)CO)OC(=O)CCCCCCCCCCCCC. The highest BCUT2D eigenvalue weighted by atomic mass is 31.2. The number of hydrogen-bond donors (Lipinski definition) is 3. The zero-order valence-corrected chi connectivity index (χ0v) is 35.0. The molecule has 0 aliphatic rings. The van der Waals surface area contributed by atoms with Crippen molar-refractivity contribution in [3.05, 3.63) is 0 Å². The van der Waals surface area contributed by atoms with Crippen LogP contribution in [0.3, 0.4) is 0 Å². The number of carbonyl (C=O) groups excluding carboxylic acids is 1. The number of phosphoric ester groups is 1. The fourth-order valence-corrected chi connectivity index (χ4v) is 7.21. The van der Waals surface area contributed by atoms with Crippen LogP contribution >= 0.6 is 7.82 Å². The van der Waals surface area contributed by atoms with Crippen LogP contribution in [0.15, 0.2) is 0 Å². The van der Waals surface area contributed by atoms with Gasteiger partial charge in [0.25, 0.3) is 0 Å². The van der Waals surface area contributed by atoms with Crippen LogP contribution in [0.5, 0.6) is 0 Å². The molecule has 0 amide bonds. The Bertz CT molecular complexity index is 785. The number of rotatable bonds is 43. The largest absolute Gasteiger partial charge is 0.472 e. The van der Waals surface area contributed by atoms with E-state index in [1.807, 2.05) is 0 Å². The molecule has 52 heavy (non-hydrogen) atoms. The van der Waals surface area contributed by atoms with Gasteiger partial charge in [-0.25, -0.2) is 4.57 Å². The minimum Gasteiger partial charge on any atom is -0.457 e. The third-order valence-electron chi connectivity index (χ3n) is 9.79. The van der Waals surface area contributed by atoms with E-state index in [9.17, 15) is 19.4 Å². The molecule has 0 radical (unpaired) electrons. The molecule has 3 atom stereocenters. The molecule has 3 N–H and O–H groups in total. The molecule has 0 aromatic carbocycles. The van der Waals surface area contributed by atoms with E-state index in [1.165, 1.54) is 167 Å². The lowest BCUT2D eigenvalue weighted by Crippen LogP contribution is -2.29. The molecule has 312 valence electrons. The number of unbranched alkanes of at least 4 members (excludes halogenated alkanes) is 29. The normalized spacial score (nSPS) is 14.0. The molecule has 0 heterocycles. The Balaban J connectivity index is 4.04. The molecule has 0 aromatic heterocycles. The molecule has 0 fully saturated rings. The van der Waals surface area contributed by atoms with E-state index >= 15 is 0 Å². The number of carbonyl (C=O) groups is 1. The van der Waals surface area contributed by atoms with E-state index in [2.05, 4.69) is 13.8 Å². The van der Waals surface area contributed by atoms with Gasteiger partial charge in [0.05, 0.1) is 26.4 Å². The third kappa shape index (κ3) is 39.2. The number of hydrogen-bond acceptors (Lipinski definition) is 8. The van der Waals surface area contributed by atoms with Crippen LogP contribution in [0.25, 0.3) is 0 Å². The van der Waals surface area contributed by atoms with E-state index in [0.717, 1.165) is 32.1 Å². The summed E-state index contributed by atoms with van der Waals surface area (Å²) < 4.78 is 33.3. The highest BCUT2D eigenvalue weighted by molar-refractivity contribution is 7.47. The van der Waals surface area contributed by atoms with Gasteiger partial charge in [0.2, 0.25) is 0 Å². The number of aliphatic hydroxyl groups is 2. The second-order valence-electron chi connectivity index (χ2n) is 15.1. The fraction of sp³-hybridized carbons (Fsp3) is 0.976. The van der Waals surface area contributed by atoms with Gasteiger partial charge < -0.3 is 24.6 Å². The average molecular weight is 765 g/mol. The molecule has 9 nitrogen and oxygen atoms in total. The average Bonchev–Trinajstić information content (AvgIpc) is 3.13. The predicted octanol–water partition coefficient (Wildman–Crippen LogP) is 11.9. The molecule has 10 heteroatoms. The zero-order valence-electron chi connectivity index (χ0n) is 34.1. The summed E-state index contributed by atoms with van der Waals surface area (Å²) in [4.78, 5) is 22.5. The van der Waals surface area contributed by atoms with E-state index in [0.29, 0.717) is 6.61 Å². The molecule has 0 rings (SSSR count). The van der Waals surface area contributed by atoms with Gasteiger partial charge in [-0.2, -0.15) is 0 Å². The van der Waals surface area contributed by atoms with Crippen molar-refractivity contribution in [2.45, 2.75) is 232 Å². The van der Waals surface area contributed by atoms with Gasteiger partial charge in [-0.1, -0.05) is 200 Å². The van der Waals surface area contributed by atoms with Crippen LogP contribution in [0.4, 0.5) is 0 Å². The van der Waals surface area contributed by atoms with E-state index in [1.54, 1.807) is 0 Å². The summed E-state index contributed by atoms with van der Waals surface area (Å²) in [5.74, 6) is -0.378. The summed E-state index contributed by atoms with van der Waals surface area (Å²) in [7, 11) is -4.51. The first-order valence-electron chi connectivity index (χ1n) is 22.0. The second kappa shape index (κ2) is 40.1. The summed E-state index contributed by atoms with van der Waals surface area (Å²) in [6.07, 6.45) is 37.8. The first-order chi connectivity index (χ1) is 25.3. The zero-order chi connectivity index (χ0) is 38.2. The maximum absolute atomic E-state index is 12.6. The van der Waals surface area contributed by atoms with Crippen molar-refractivity contribution >= 4 is 13.8 Å². The van der Waals surface area contributed by atoms with Gasteiger partial charge in [0, 0.05) is 13.0 Å². The van der Waals surface area contributed by atoms with Crippen molar-refractivity contribution < 1.29 is 43.0 Å². The smallest absolute Gasteiger partial charge is 0.457 e. The first-order valence-corrected chi connectivity index (χ1v) is 23.5. The summed E-state index contributed by atoms with van der Waals surface area (Å²) in [6.45, 7) is 3.56. The van der Waals surface area contributed by atoms with Crippen molar-refractivity contribution in [3.63, 3.8) is 0 Å².